The summed E-state index contributed by atoms with van der Waals surface area (Å²) >= 11 is 0. The van der Waals surface area contributed by atoms with Gasteiger partial charge in [-0.15, -0.1) is 0 Å². The maximum Gasteiger partial charge on any atom is 0.163 e. The molecule has 128 valence electrons. The summed E-state index contributed by atoms with van der Waals surface area (Å²) in [5, 5.41) is 3.40. The normalized spacial score (nSPS) is 12.6. The van der Waals surface area contributed by atoms with Crippen LogP contribution < -0.4 is 24.3 Å². The average molecular weight is 329 g/mol. The molecule has 0 bridgehead atoms. The van der Waals surface area contributed by atoms with Gasteiger partial charge in [-0.2, -0.15) is 0 Å². The van der Waals surface area contributed by atoms with E-state index in [1.54, 1.807) is 0 Å². The Hall–Kier alpha value is -2.56. The van der Waals surface area contributed by atoms with Crippen LogP contribution in [0.5, 0.6) is 23.0 Å². The van der Waals surface area contributed by atoms with Gasteiger partial charge in [-0.1, -0.05) is 6.07 Å². The fourth-order valence-electron chi connectivity index (χ4n) is 2.56. The van der Waals surface area contributed by atoms with Gasteiger partial charge in [0, 0.05) is 18.3 Å². The molecule has 24 heavy (non-hydrogen) atoms. The van der Waals surface area contributed by atoms with Crippen molar-refractivity contribution in [3.05, 3.63) is 42.0 Å². The summed E-state index contributed by atoms with van der Waals surface area (Å²) in [6.07, 6.45) is 0. The van der Waals surface area contributed by atoms with Gasteiger partial charge >= 0.3 is 0 Å². The second kappa shape index (κ2) is 7.81. The van der Waals surface area contributed by atoms with Crippen molar-refractivity contribution in [1.82, 2.24) is 0 Å². The summed E-state index contributed by atoms with van der Waals surface area (Å²) in [5.74, 6) is 3.14. The van der Waals surface area contributed by atoms with Crippen LogP contribution in [0.15, 0.2) is 36.4 Å². The molecule has 0 aromatic heterocycles. The highest BCUT2D eigenvalue weighted by atomic mass is 16.6. The molecule has 2 aromatic carbocycles. The summed E-state index contributed by atoms with van der Waals surface area (Å²) in [4.78, 5) is 0. The van der Waals surface area contributed by atoms with E-state index in [1.807, 2.05) is 50.2 Å². The van der Waals surface area contributed by atoms with Crippen molar-refractivity contribution >= 4 is 5.69 Å². The van der Waals surface area contributed by atoms with E-state index < -0.39 is 0 Å². The minimum atomic E-state index is 0.590. The molecule has 1 heterocycles. The predicted octanol–water partition coefficient (Wildman–Crippen LogP) is 3.87. The smallest absolute Gasteiger partial charge is 0.163 e. The van der Waals surface area contributed by atoms with Crippen molar-refractivity contribution in [2.75, 3.05) is 31.7 Å². The first kappa shape index (κ1) is 16.3. The Morgan fingerprint density at radius 1 is 0.875 bits per heavy atom. The third-order valence-electron chi connectivity index (χ3n) is 3.65. The Labute approximate surface area is 142 Å². The van der Waals surface area contributed by atoms with Crippen LogP contribution in [-0.2, 0) is 6.54 Å². The number of hydrogen-bond acceptors (Lipinski definition) is 5. The lowest BCUT2D eigenvalue weighted by atomic mass is 10.2. The largest absolute Gasteiger partial charge is 0.490 e. The van der Waals surface area contributed by atoms with Crippen LogP contribution in [0.2, 0.25) is 0 Å². The van der Waals surface area contributed by atoms with Crippen LogP contribution in [0.3, 0.4) is 0 Å². The van der Waals surface area contributed by atoms with Gasteiger partial charge in [0.15, 0.2) is 23.0 Å². The number of anilines is 1. The molecule has 2 aromatic rings. The van der Waals surface area contributed by atoms with Crippen LogP contribution in [0, 0.1) is 0 Å². The molecule has 1 aliphatic heterocycles. The average Bonchev–Trinajstić information content (AvgIpc) is 2.62. The molecule has 0 spiro atoms. The zero-order valence-corrected chi connectivity index (χ0v) is 14.1. The van der Waals surface area contributed by atoms with Crippen molar-refractivity contribution < 1.29 is 18.9 Å². The minimum absolute atomic E-state index is 0.590. The Morgan fingerprint density at radius 3 is 2.42 bits per heavy atom. The Bertz CT molecular complexity index is 687. The van der Waals surface area contributed by atoms with Crippen molar-refractivity contribution in [3.63, 3.8) is 0 Å². The fourth-order valence-corrected chi connectivity index (χ4v) is 2.56. The van der Waals surface area contributed by atoms with E-state index in [4.69, 9.17) is 18.9 Å². The molecule has 3 rings (SSSR count). The van der Waals surface area contributed by atoms with Crippen LogP contribution >= 0.6 is 0 Å². The lowest BCUT2D eigenvalue weighted by molar-refractivity contribution is 0.171. The first-order chi connectivity index (χ1) is 11.8. The number of fused-ring (bicyclic) bond motifs is 1. The molecule has 5 heteroatoms. The second-order valence-electron chi connectivity index (χ2n) is 5.36. The maximum absolute atomic E-state index is 5.67. The SMILES string of the molecule is CCOc1ccc(CNc2ccc3c(c2)OCCO3)cc1OCC. The second-order valence-corrected chi connectivity index (χ2v) is 5.36. The summed E-state index contributed by atoms with van der Waals surface area (Å²) in [6, 6.07) is 11.9. The topological polar surface area (TPSA) is 49.0 Å². The van der Waals surface area contributed by atoms with E-state index in [-0.39, 0.29) is 0 Å². The van der Waals surface area contributed by atoms with Gasteiger partial charge in [0.25, 0.3) is 0 Å². The molecular weight excluding hydrogens is 306 g/mol. The Kier molecular flexibility index (Phi) is 5.31. The molecule has 0 aliphatic carbocycles. The summed E-state index contributed by atoms with van der Waals surface area (Å²) in [7, 11) is 0. The molecule has 0 fully saturated rings. The molecule has 0 atom stereocenters. The minimum Gasteiger partial charge on any atom is -0.490 e. The van der Waals surface area contributed by atoms with Crippen molar-refractivity contribution in [3.8, 4) is 23.0 Å². The summed E-state index contributed by atoms with van der Waals surface area (Å²) < 4.78 is 22.4. The van der Waals surface area contributed by atoms with E-state index in [2.05, 4.69) is 5.32 Å². The number of hydrogen-bond donors (Lipinski definition) is 1. The van der Waals surface area contributed by atoms with Crippen molar-refractivity contribution in [1.29, 1.82) is 0 Å². The highest BCUT2D eigenvalue weighted by molar-refractivity contribution is 5.55. The summed E-state index contributed by atoms with van der Waals surface area (Å²) in [5.41, 5.74) is 2.11. The molecule has 1 N–H and O–H groups in total. The van der Waals surface area contributed by atoms with Crippen molar-refractivity contribution in [2.45, 2.75) is 20.4 Å². The van der Waals surface area contributed by atoms with E-state index in [1.165, 1.54) is 0 Å². The molecule has 0 radical (unpaired) electrons. The molecule has 0 amide bonds. The first-order valence-corrected chi connectivity index (χ1v) is 8.32. The highest BCUT2D eigenvalue weighted by Crippen LogP contribution is 2.33. The van der Waals surface area contributed by atoms with Crippen LogP contribution in [-0.4, -0.2) is 26.4 Å². The van der Waals surface area contributed by atoms with Crippen LogP contribution in [0.1, 0.15) is 19.4 Å². The molecule has 1 aliphatic rings. The Balaban J connectivity index is 1.68. The van der Waals surface area contributed by atoms with E-state index in [0.29, 0.717) is 33.0 Å². The highest BCUT2D eigenvalue weighted by Gasteiger charge is 2.12. The fraction of sp³-hybridized carbons (Fsp3) is 0.368. The zero-order valence-electron chi connectivity index (χ0n) is 14.1. The third kappa shape index (κ3) is 3.85. The van der Waals surface area contributed by atoms with Gasteiger partial charge in [0.1, 0.15) is 13.2 Å². The number of ether oxygens (including phenoxy) is 4. The number of rotatable bonds is 7. The third-order valence-corrected chi connectivity index (χ3v) is 3.65. The number of nitrogens with one attached hydrogen (secondary N) is 1. The lowest BCUT2D eigenvalue weighted by Gasteiger charge is -2.19. The first-order valence-electron chi connectivity index (χ1n) is 8.32. The van der Waals surface area contributed by atoms with Gasteiger partial charge in [-0.05, 0) is 43.7 Å². The van der Waals surface area contributed by atoms with Gasteiger partial charge < -0.3 is 24.3 Å². The van der Waals surface area contributed by atoms with E-state index in [0.717, 1.165) is 34.2 Å². The van der Waals surface area contributed by atoms with Crippen molar-refractivity contribution in [2.24, 2.45) is 0 Å². The zero-order chi connectivity index (χ0) is 16.8. The predicted molar refractivity (Wildman–Crippen MR) is 93.5 cm³/mol. The quantitative estimate of drug-likeness (QED) is 0.836. The van der Waals surface area contributed by atoms with E-state index >= 15 is 0 Å². The summed E-state index contributed by atoms with van der Waals surface area (Å²) in [6.45, 7) is 7.04. The Morgan fingerprint density at radius 2 is 1.62 bits per heavy atom. The molecule has 0 saturated carbocycles. The molecule has 0 unspecified atom stereocenters. The van der Waals surface area contributed by atoms with Gasteiger partial charge in [0.2, 0.25) is 0 Å². The molecule has 0 saturated heterocycles. The maximum atomic E-state index is 5.67. The van der Waals surface area contributed by atoms with Crippen LogP contribution in [0.25, 0.3) is 0 Å². The lowest BCUT2D eigenvalue weighted by Crippen LogP contribution is -2.15. The number of benzene rings is 2. The van der Waals surface area contributed by atoms with Gasteiger partial charge in [-0.3, -0.25) is 0 Å². The molecule has 5 nitrogen and oxygen atoms in total. The van der Waals surface area contributed by atoms with E-state index in [9.17, 15) is 0 Å². The van der Waals surface area contributed by atoms with Gasteiger partial charge in [0.05, 0.1) is 13.2 Å². The monoisotopic (exact) mass is 329 g/mol. The van der Waals surface area contributed by atoms with Crippen LogP contribution in [0.4, 0.5) is 5.69 Å². The van der Waals surface area contributed by atoms with Gasteiger partial charge in [-0.25, -0.2) is 0 Å². The standard InChI is InChI=1S/C19H23NO4/c1-3-21-16-7-5-14(11-18(16)22-4-2)13-20-15-6-8-17-19(12-15)24-10-9-23-17/h5-8,11-12,20H,3-4,9-10,13H2,1-2H3. The molecular formula is C19H23NO4.